The van der Waals surface area contributed by atoms with Crippen LogP contribution in [0.4, 0.5) is 17.3 Å². The van der Waals surface area contributed by atoms with Gasteiger partial charge in [-0.25, -0.2) is 9.97 Å². The van der Waals surface area contributed by atoms with Gasteiger partial charge in [-0.1, -0.05) is 24.8 Å². The molecular weight excluding hydrogens is 558 g/mol. The summed E-state index contributed by atoms with van der Waals surface area (Å²) in [4.78, 5) is 25.4. The molecule has 0 atom stereocenters. The van der Waals surface area contributed by atoms with E-state index in [-0.39, 0.29) is 5.57 Å². The number of benzene rings is 2. The third kappa shape index (κ3) is 8.28. The fraction of sp³-hybridized carbons (Fsp3) is 0.276. The molecule has 0 aliphatic carbocycles. The standard InChI is InChI=1S/C28H33N7O2.CH4O3S/c1-18(27(29)36)20-15-23(26(37-6)16-25(20)34(4)14-13-33(2)3)32-28-30-12-11-22(31-28)21-17-35(5)24-10-8-7-9-19(21)24;1-5(2,3)4/h7-12,15-17H,1,13-14H2,2-6H3,(H2,29,36)(H,30,31,32);1H3,(H,2,3,4). The third-order valence-electron chi connectivity index (χ3n) is 6.31. The highest BCUT2D eigenvalue weighted by Crippen LogP contribution is 2.38. The molecule has 2 aromatic carbocycles. The number of methoxy groups -OCH3 is 1. The summed E-state index contributed by atoms with van der Waals surface area (Å²) in [6.45, 7) is 5.50. The van der Waals surface area contributed by atoms with Crippen LogP contribution in [-0.4, -0.2) is 85.9 Å². The summed E-state index contributed by atoms with van der Waals surface area (Å²) in [6, 6.07) is 13.8. The minimum absolute atomic E-state index is 0.211. The summed E-state index contributed by atoms with van der Waals surface area (Å²) in [5.41, 5.74) is 10.8. The Bertz CT molecular complexity index is 1690. The first-order chi connectivity index (χ1) is 19.7. The summed E-state index contributed by atoms with van der Waals surface area (Å²) >= 11 is 0. The van der Waals surface area contributed by atoms with E-state index in [1.54, 1.807) is 19.4 Å². The molecule has 0 unspecified atom stereocenters. The Kier molecular flexibility index (Phi) is 10.3. The monoisotopic (exact) mass is 595 g/mol. The van der Waals surface area contributed by atoms with E-state index in [4.69, 9.17) is 20.0 Å². The molecule has 0 aliphatic rings. The van der Waals surface area contributed by atoms with E-state index in [1.165, 1.54) is 0 Å². The summed E-state index contributed by atoms with van der Waals surface area (Å²) in [5.74, 6) is 0.382. The molecule has 4 aromatic rings. The molecule has 1 amide bonds. The lowest BCUT2D eigenvalue weighted by molar-refractivity contribution is -0.112. The van der Waals surface area contributed by atoms with E-state index in [0.29, 0.717) is 29.2 Å². The quantitative estimate of drug-likeness (QED) is 0.183. The highest BCUT2D eigenvalue weighted by molar-refractivity contribution is 7.85. The lowest BCUT2D eigenvalue weighted by atomic mass is 10.0. The van der Waals surface area contributed by atoms with Gasteiger partial charge in [0.15, 0.2) is 0 Å². The van der Waals surface area contributed by atoms with Gasteiger partial charge in [-0.3, -0.25) is 9.35 Å². The number of hydrogen-bond donors (Lipinski definition) is 3. The summed E-state index contributed by atoms with van der Waals surface area (Å²) in [6.07, 6.45) is 4.49. The Morgan fingerprint density at radius 3 is 2.45 bits per heavy atom. The zero-order valence-electron chi connectivity index (χ0n) is 24.6. The molecule has 0 saturated heterocycles. The van der Waals surface area contributed by atoms with Crippen LogP contribution < -0.4 is 20.7 Å². The first-order valence-corrected chi connectivity index (χ1v) is 14.7. The van der Waals surface area contributed by atoms with Crippen LogP contribution in [0.3, 0.4) is 0 Å². The average molecular weight is 596 g/mol. The van der Waals surface area contributed by atoms with Gasteiger partial charge in [0, 0.05) is 78.9 Å². The van der Waals surface area contributed by atoms with Crippen molar-refractivity contribution < 1.29 is 22.5 Å². The molecule has 0 aliphatic heterocycles. The number of nitrogens with one attached hydrogen (secondary N) is 1. The van der Waals surface area contributed by atoms with Crippen LogP contribution in [0.2, 0.25) is 0 Å². The van der Waals surface area contributed by atoms with Crippen molar-refractivity contribution in [2.75, 3.05) is 57.8 Å². The number of hydrogen-bond acceptors (Lipinski definition) is 9. The molecule has 2 heterocycles. The number of nitrogens with two attached hydrogens (primary N) is 1. The predicted octanol–water partition coefficient (Wildman–Crippen LogP) is 3.39. The van der Waals surface area contributed by atoms with Gasteiger partial charge >= 0.3 is 0 Å². The lowest BCUT2D eigenvalue weighted by Gasteiger charge is -2.26. The molecule has 0 radical (unpaired) electrons. The van der Waals surface area contributed by atoms with E-state index >= 15 is 0 Å². The highest BCUT2D eigenvalue weighted by atomic mass is 32.2. The molecule has 13 heteroatoms. The second-order valence-corrected chi connectivity index (χ2v) is 11.4. The summed E-state index contributed by atoms with van der Waals surface area (Å²) in [7, 11) is 5.93. The van der Waals surface area contributed by atoms with Gasteiger partial charge in [0.25, 0.3) is 10.1 Å². The van der Waals surface area contributed by atoms with E-state index in [0.717, 1.165) is 40.9 Å². The lowest BCUT2D eigenvalue weighted by Crippen LogP contribution is -2.29. The molecule has 4 N–H and O–H groups in total. The zero-order valence-corrected chi connectivity index (χ0v) is 25.4. The molecule has 0 spiro atoms. The normalized spacial score (nSPS) is 11.1. The van der Waals surface area contributed by atoms with Crippen molar-refractivity contribution in [1.29, 1.82) is 0 Å². The van der Waals surface area contributed by atoms with Crippen molar-refractivity contribution in [3.63, 3.8) is 0 Å². The number of carbonyl (C=O) groups excluding carboxylic acids is 1. The Labute approximate surface area is 246 Å². The number of primary amides is 1. The van der Waals surface area contributed by atoms with Gasteiger partial charge in [-0.05, 0) is 32.3 Å². The van der Waals surface area contributed by atoms with Gasteiger partial charge in [0.05, 0.1) is 24.7 Å². The third-order valence-corrected chi connectivity index (χ3v) is 6.31. The molecule has 0 saturated carbocycles. The SMILES string of the molecule is C=C(C(N)=O)c1cc(Nc2nccc(-c3cn(C)c4ccccc34)n2)c(OC)cc1N(C)CCN(C)C.CS(=O)(=O)O. The summed E-state index contributed by atoms with van der Waals surface area (Å²) in [5, 5.41) is 4.37. The first-order valence-electron chi connectivity index (χ1n) is 12.8. The summed E-state index contributed by atoms with van der Waals surface area (Å²) < 4.78 is 33.6. The number of anilines is 3. The molecule has 0 fully saturated rings. The average Bonchev–Trinajstić information content (AvgIpc) is 3.26. The maximum Gasteiger partial charge on any atom is 0.261 e. The number of nitrogens with zero attached hydrogens (tertiary/aromatic N) is 5. The van der Waals surface area contributed by atoms with E-state index < -0.39 is 16.0 Å². The zero-order chi connectivity index (χ0) is 31.2. The molecule has 0 bridgehead atoms. The molecule has 2 aromatic heterocycles. The largest absolute Gasteiger partial charge is 0.494 e. The van der Waals surface area contributed by atoms with Crippen LogP contribution in [0.15, 0.2) is 61.4 Å². The number of fused-ring (bicyclic) bond motifs is 1. The molecule has 12 nitrogen and oxygen atoms in total. The van der Waals surface area contributed by atoms with Gasteiger partial charge in [0.2, 0.25) is 11.9 Å². The highest BCUT2D eigenvalue weighted by Gasteiger charge is 2.19. The molecule has 42 heavy (non-hydrogen) atoms. The minimum Gasteiger partial charge on any atom is -0.494 e. The van der Waals surface area contributed by atoms with Gasteiger partial charge < -0.3 is 30.2 Å². The number of ether oxygens (including phenoxy) is 1. The van der Waals surface area contributed by atoms with Crippen molar-refractivity contribution >= 4 is 49.8 Å². The number of likely N-dealkylation sites (N-methyl/N-ethyl adjacent to an activating group) is 2. The van der Waals surface area contributed by atoms with Crippen LogP contribution in [-0.2, 0) is 22.0 Å². The number of rotatable bonds is 10. The first kappa shape index (κ1) is 32.1. The molecular formula is C29H37N7O5S. The smallest absolute Gasteiger partial charge is 0.261 e. The number of aromatic nitrogens is 3. The van der Waals surface area contributed by atoms with Crippen LogP contribution >= 0.6 is 0 Å². The van der Waals surface area contributed by atoms with Crippen LogP contribution in [0, 0.1) is 0 Å². The van der Waals surface area contributed by atoms with E-state index in [2.05, 4.69) is 44.7 Å². The van der Waals surface area contributed by atoms with Crippen molar-refractivity contribution in [1.82, 2.24) is 19.4 Å². The van der Waals surface area contributed by atoms with Gasteiger partial charge in [-0.2, -0.15) is 8.42 Å². The van der Waals surface area contributed by atoms with Crippen LogP contribution in [0.5, 0.6) is 5.75 Å². The van der Waals surface area contributed by atoms with Crippen molar-refractivity contribution in [2.45, 2.75) is 0 Å². The Balaban J connectivity index is 0.000000892. The van der Waals surface area contributed by atoms with Gasteiger partial charge in [0.1, 0.15) is 5.75 Å². The number of carbonyl (C=O) groups is 1. The van der Waals surface area contributed by atoms with Crippen molar-refractivity contribution in [3.8, 4) is 17.0 Å². The maximum absolute atomic E-state index is 12.1. The molecule has 224 valence electrons. The Morgan fingerprint density at radius 2 is 1.83 bits per heavy atom. The van der Waals surface area contributed by atoms with Crippen molar-refractivity contribution in [2.24, 2.45) is 12.8 Å². The Morgan fingerprint density at radius 1 is 1.17 bits per heavy atom. The van der Waals surface area contributed by atoms with Crippen LogP contribution in [0.25, 0.3) is 27.7 Å². The van der Waals surface area contributed by atoms with E-state index in [9.17, 15) is 13.2 Å². The van der Waals surface area contributed by atoms with Gasteiger partial charge in [-0.15, -0.1) is 0 Å². The fourth-order valence-corrected chi connectivity index (χ4v) is 4.23. The second kappa shape index (κ2) is 13.5. The number of para-hydroxylation sites is 1. The fourth-order valence-electron chi connectivity index (χ4n) is 4.23. The number of aryl methyl sites for hydroxylation is 1. The Hall–Kier alpha value is -4.46. The molecule has 4 rings (SSSR count). The van der Waals surface area contributed by atoms with E-state index in [1.807, 2.05) is 57.4 Å². The number of amides is 1. The predicted molar refractivity (Wildman–Crippen MR) is 168 cm³/mol. The second-order valence-electron chi connectivity index (χ2n) is 9.93. The minimum atomic E-state index is -3.67. The van der Waals surface area contributed by atoms with Crippen LogP contribution in [0.1, 0.15) is 5.56 Å². The maximum atomic E-state index is 12.1. The van der Waals surface area contributed by atoms with Crippen molar-refractivity contribution in [3.05, 3.63) is 67.0 Å². The topological polar surface area (TPSA) is 156 Å².